The van der Waals surface area contributed by atoms with Crippen molar-refractivity contribution in [2.45, 2.75) is 18.6 Å². The van der Waals surface area contributed by atoms with E-state index in [2.05, 4.69) is 10.2 Å². The van der Waals surface area contributed by atoms with E-state index in [4.69, 9.17) is 0 Å². The minimum atomic E-state index is -5.86. The molecule has 2 aromatic rings. The molecule has 3 nitrogen and oxygen atoms in total. The number of hydrogen-bond acceptors (Lipinski definition) is 3. The van der Waals surface area contributed by atoms with Crippen LogP contribution in [0, 0.1) is 13.0 Å². The number of rotatable bonds is 2. The Hall–Kier alpha value is -0.914. The number of fused-ring (bicyclic) bond motifs is 1. The molecule has 12 heteroatoms. The molecule has 0 radical (unpaired) electrons. The first-order valence-electron chi connectivity index (χ1n) is 5.85. The zero-order valence-corrected chi connectivity index (χ0v) is 15.3. The van der Waals surface area contributed by atoms with E-state index < -0.39 is 33.1 Å². The van der Waals surface area contributed by atoms with Crippen LogP contribution in [0.4, 0.5) is 26.3 Å². The molecule has 0 amide bonds. The van der Waals surface area contributed by atoms with Crippen LogP contribution in [-0.2, 0) is 16.3 Å². The summed E-state index contributed by atoms with van der Waals surface area (Å²) in [6.07, 6.45) is -4.61. The number of hydrogen-bond donors (Lipinski definition) is 0. The van der Waals surface area contributed by atoms with E-state index in [9.17, 15) is 34.8 Å². The topological polar surface area (TPSA) is 43.4 Å². The molecule has 2 rings (SSSR count). The second-order valence-corrected chi connectivity index (χ2v) is 6.11. The van der Waals surface area contributed by atoms with Gasteiger partial charge >= 0.3 is 44.9 Å². The maximum atomic E-state index is 12.6. The van der Waals surface area contributed by atoms with Gasteiger partial charge in [-0.3, -0.25) is 0 Å². The molecule has 0 N–H and O–H groups in total. The predicted molar refractivity (Wildman–Crippen MR) is 73.9 cm³/mol. The fourth-order valence-electron chi connectivity index (χ4n) is 1.81. The molecule has 0 aliphatic rings. The van der Waals surface area contributed by atoms with Gasteiger partial charge in [0.05, 0.1) is 0 Å². The molecule has 25 heavy (non-hydrogen) atoms. The summed E-state index contributed by atoms with van der Waals surface area (Å²) in [7, 11) is -5.86. The molecule has 0 aliphatic carbocycles. The third-order valence-corrected chi connectivity index (χ3v) is 3.84. The molecular formula is C13H7ClF6MgO3S. The summed E-state index contributed by atoms with van der Waals surface area (Å²) in [6.45, 7) is 1.31. The second-order valence-electron chi connectivity index (χ2n) is 4.57. The monoisotopic (exact) mass is 416 g/mol. The first kappa shape index (κ1) is 24.1. The summed E-state index contributed by atoms with van der Waals surface area (Å²) < 4.78 is 101. The molecule has 0 saturated heterocycles. The van der Waals surface area contributed by atoms with Crippen molar-refractivity contribution in [1.82, 2.24) is 0 Å². The Labute approximate surface area is 161 Å². The molecule has 0 saturated carbocycles. The van der Waals surface area contributed by atoms with Gasteiger partial charge in [-0.05, 0) is 18.6 Å². The van der Waals surface area contributed by atoms with Crippen LogP contribution in [0.1, 0.15) is 11.1 Å². The molecule has 0 aromatic heterocycles. The van der Waals surface area contributed by atoms with Crippen LogP contribution >= 0.6 is 0 Å². The second kappa shape index (κ2) is 7.76. The fraction of sp³-hybridized carbons (Fsp3) is 0.231. The zero-order chi connectivity index (χ0) is 17.6. The van der Waals surface area contributed by atoms with Crippen molar-refractivity contribution in [2.75, 3.05) is 0 Å². The van der Waals surface area contributed by atoms with Gasteiger partial charge in [-0.15, -0.1) is 29.0 Å². The fourth-order valence-corrected chi connectivity index (χ4v) is 2.26. The standard InChI is InChI=1S/C13H7F6O3S.ClH.Mg/c1-7-4-10(22-23(20,21)13(17,18)19)5-8-2-3-9(6-11(7)8)12(14,15)16;;/h3-6H,1H3;1H;/q-1;;+2/p-1. The molecule has 0 bridgehead atoms. The predicted octanol–water partition coefficient (Wildman–Crippen LogP) is 0.819. The summed E-state index contributed by atoms with van der Waals surface area (Å²) >= 11 is 0. The van der Waals surface area contributed by atoms with Crippen molar-refractivity contribution in [3.63, 3.8) is 0 Å². The van der Waals surface area contributed by atoms with Gasteiger partial charge in [0.1, 0.15) is 5.75 Å². The quantitative estimate of drug-likeness (QED) is 0.239. The van der Waals surface area contributed by atoms with Gasteiger partial charge in [-0.25, -0.2) is 0 Å². The minimum Gasteiger partial charge on any atom is -1.00 e. The van der Waals surface area contributed by atoms with E-state index in [0.717, 1.165) is 18.2 Å². The third-order valence-electron chi connectivity index (χ3n) is 2.86. The third kappa shape index (κ3) is 5.28. The van der Waals surface area contributed by atoms with Crippen LogP contribution in [0.2, 0.25) is 0 Å². The van der Waals surface area contributed by atoms with Crippen LogP contribution < -0.4 is 16.6 Å². The first-order chi connectivity index (χ1) is 10.3. The van der Waals surface area contributed by atoms with Crippen molar-refractivity contribution in [3.05, 3.63) is 41.5 Å². The van der Waals surface area contributed by atoms with Gasteiger partial charge in [0.15, 0.2) is 0 Å². The SMILES string of the molecule is Cc1cc(OS(=O)(=O)C(F)(F)F)cc2[c-]cc(C(F)(F)F)cc12.[Cl-].[Mg+2]. The molecule has 0 atom stereocenters. The van der Waals surface area contributed by atoms with Crippen LogP contribution in [0.15, 0.2) is 24.3 Å². The molecule has 0 fully saturated rings. The Morgan fingerprint density at radius 3 is 2.08 bits per heavy atom. The van der Waals surface area contributed by atoms with Gasteiger partial charge in [0.25, 0.3) is 0 Å². The molecule has 134 valence electrons. The van der Waals surface area contributed by atoms with Crippen molar-refractivity contribution in [3.8, 4) is 5.75 Å². The smallest absolute Gasteiger partial charge is 1.00 e. The largest absolute Gasteiger partial charge is 2.00 e. The van der Waals surface area contributed by atoms with Crippen molar-refractivity contribution in [1.29, 1.82) is 0 Å². The Morgan fingerprint density at radius 1 is 1.04 bits per heavy atom. The molecule has 0 unspecified atom stereocenters. The minimum absolute atomic E-state index is 0. The van der Waals surface area contributed by atoms with Crippen molar-refractivity contribution < 1.29 is 51.4 Å². The molecule has 0 heterocycles. The van der Waals surface area contributed by atoms with Crippen LogP contribution in [-0.4, -0.2) is 37.0 Å². The average Bonchev–Trinajstić information content (AvgIpc) is 2.35. The number of halogens is 7. The summed E-state index contributed by atoms with van der Waals surface area (Å²) in [5.41, 5.74) is -6.48. The Morgan fingerprint density at radius 2 is 1.60 bits per heavy atom. The van der Waals surface area contributed by atoms with Crippen molar-refractivity contribution in [2.24, 2.45) is 0 Å². The summed E-state index contributed by atoms with van der Waals surface area (Å²) in [5, 5.41) is 0.0574. The van der Waals surface area contributed by atoms with E-state index in [-0.39, 0.29) is 51.8 Å². The molecule has 2 aromatic carbocycles. The summed E-state index contributed by atoms with van der Waals surface area (Å²) in [4.78, 5) is 0. The Kier molecular flexibility index (Phi) is 7.48. The average molecular weight is 417 g/mol. The number of alkyl halides is 6. The van der Waals surface area contributed by atoms with Crippen molar-refractivity contribution >= 4 is 43.9 Å². The molecule has 0 aliphatic heterocycles. The van der Waals surface area contributed by atoms with E-state index >= 15 is 0 Å². The zero-order valence-electron chi connectivity index (χ0n) is 12.3. The maximum Gasteiger partial charge on any atom is 2.00 e. The Balaban J connectivity index is 0.00000288. The van der Waals surface area contributed by atoms with Gasteiger partial charge < -0.3 is 16.6 Å². The van der Waals surface area contributed by atoms with Crippen LogP contribution in [0.5, 0.6) is 5.75 Å². The van der Waals surface area contributed by atoms with Crippen LogP contribution in [0.3, 0.4) is 0 Å². The van der Waals surface area contributed by atoms with Crippen LogP contribution in [0.25, 0.3) is 10.8 Å². The molecule has 0 spiro atoms. The summed E-state index contributed by atoms with van der Waals surface area (Å²) in [5.74, 6) is -0.664. The van der Waals surface area contributed by atoms with Gasteiger partial charge in [0, 0.05) is 0 Å². The van der Waals surface area contributed by atoms with E-state index in [1.165, 1.54) is 6.92 Å². The first-order valence-corrected chi connectivity index (χ1v) is 7.26. The summed E-state index contributed by atoms with van der Waals surface area (Å²) in [6, 6.07) is 5.43. The number of aryl methyl sites for hydroxylation is 1. The number of benzene rings is 2. The Bertz CT molecular complexity index is 864. The van der Waals surface area contributed by atoms with Gasteiger partial charge in [-0.2, -0.15) is 34.8 Å². The molecular weight excluding hydrogens is 410 g/mol. The van der Waals surface area contributed by atoms with E-state index in [1.807, 2.05) is 0 Å². The normalized spacial score (nSPS) is 12.3. The van der Waals surface area contributed by atoms with E-state index in [0.29, 0.717) is 6.07 Å². The van der Waals surface area contributed by atoms with Gasteiger partial charge in [-0.1, -0.05) is 11.6 Å². The van der Waals surface area contributed by atoms with E-state index in [1.54, 1.807) is 0 Å². The van der Waals surface area contributed by atoms with Gasteiger partial charge in [0.2, 0.25) is 0 Å². The maximum absolute atomic E-state index is 12.6.